The molecule has 0 bridgehead atoms. The Morgan fingerprint density at radius 2 is 2.21 bits per heavy atom. The van der Waals surface area contributed by atoms with Crippen molar-refractivity contribution in [1.82, 2.24) is 4.90 Å². The first-order chi connectivity index (χ1) is 8.99. The van der Waals surface area contributed by atoms with Gasteiger partial charge < -0.3 is 15.0 Å². The second kappa shape index (κ2) is 5.51. The Bertz CT molecular complexity index is 471. The van der Waals surface area contributed by atoms with Crippen molar-refractivity contribution < 1.29 is 9.53 Å². The molecule has 2 unspecified atom stereocenters. The van der Waals surface area contributed by atoms with E-state index >= 15 is 0 Å². The number of hydrogen-bond acceptors (Lipinski definition) is 3. The zero-order chi connectivity index (χ0) is 14.0. The highest BCUT2D eigenvalue weighted by atomic mass is 16.5. The van der Waals surface area contributed by atoms with E-state index in [-0.39, 0.29) is 5.91 Å². The lowest BCUT2D eigenvalue weighted by molar-refractivity contribution is -0.135. The first-order valence-corrected chi connectivity index (χ1v) is 6.75. The fourth-order valence-electron chi connectivity index (χ4n) is 2.34. The molecule has 4 nitrogen and oxygen atoms in total. The van der Waals surface area contributed by atoms with Gasteiger partial charge in [-0.3, -0.25) is 4.79 Å². The molecule has 1 aliphatic heterocycles. The predicted octanol–water partition coefficient (Wildman–Crippen LogP) is 2.29. The van der Waals surface area contributed by atoms with Crippen LogP contribution >= 0.6 is 0 Å². The van der Waals surface area contributed by atoms with E-state index in [0.29, 0.717) is 6.04 Å². The van der Waals surface area contributed by atoms with Crippen LogP contribution in [-0.2, 0) is 11.2 Å². The Labute approximate surface area is 114 Å². The van der Waals surface area contributed by atoms with E-state index in [4.69, 9.17) is 4.74 Å². The number of rotatable bonds is 3. The third kappa shape index (κ3) is 3.00. The molecule has 0 saturated carbocycles. The number of carbonyl (C=O) groups is 1. The second-order valence-electron chi connectivity index (χ2n) is 5.37. The van der Waals surface area contributed by atoms with E-state index in [2.05, 4.69) is 18.3 Å². The predicted molar refractivity (Wildman–Crippen MR) is 76.6 cm³/mol. The van der Waals surface area contributed by atoms with Gasteiger partial charge in [-0.25, -0.2) is 0 Å². The van der Waals surface area contributed by atoms with Crippen molar-refractivity contribution in [3.05, 3.63) is 23.8 Å². The van der Waals surface area contributed by atoms with Crippen molar-refractivity contribution in [3.8, 4) is 5.75 Å². The fraction of sp³-hybridized carbons (Fsp3) is 0.533. The van der Waals surface area contributed by atoms with E-state index in [9.17, 15) is 4.79 Å². The van der Waals surface area contributed by atoms with E-state index in [1.807, 2.05) is 12.1 Å². The molecule has 1 aromatic rings. The molecule has 104 valence electrons. The highest BCUT2D eigenvalue weighted by Crippen LogP contribution is 2.34. The Morgan fingerprint density at radius 1 is 1.47 bits per heavy atom. The molecule has 0 spiro atoms. The number of ether oxygens (including phenoxy) is 1. The SMILES string of the molecule is CC1CCc2cccc(OC(C)C(=O)N(C)C)c2N1. The first kappa shape index (κ1) is 13.7. The first-order valence-electron chi connectivity index (χ1n) is 6.75. The van der Waals surface area contributed by atoms with Crippen LogP contribution < -0.4 is 10.1 Å². The number of carbonyl (C=O) groups excluding carboxylic acids is 1. The molecule has 1 N–H and O–H groups in total. The van der Waals surface area contributed by atoms with Gasteiger partial charge in [0.1, 0.15) is 5.75 Å². The standard InChI is InChI=1S/C15H22N2O2/c1-10-8-9-12-6-5-7-13(14(12)16-10)19-11(2)15(18)17(3)4/h5-7,10-11,16H,8-9H2,1-4H3. The summed E-state index contributed by atoms with van der Waals surface area (Å²) in [7, 11) is 3.48. The number of nitrogens with one attached hydrogen (secondary N) is 1. The lowest BCUT2D eigenvalue weighted by Crippen LogP contribution is -2.35. The number of fused-ring (bicyclic) bond motifs is 1. The molecule has 4 heteroatoms. The van der Waals surface area contributed by atoms with Gasteiger partial charge in [0.05, 0.1) is 5.69 Å². The average molecular weight is 262 g/mol. The Balaban J connectivity index is 2.19. The maximum atomic E-state index is 11.9. The molecule has 1 amide bonds. The summed E-state index contributed by atoms with van der Waals surface area (Å²) in [6.07, 6.45) is 1.71. The second-order valence-corrected chi connectivity index (χ2v) is 5.37. The van der Waals surface area contributed by atoms with E-state index in [0.717, 1.165) is 24.3 Å². The van der Waals surface area contributed by atoms with Crippen LogP contribution in [0.25, 0.3) is 0 Å². The lowest BCUT2D eigenvalue weighted by atomic mass is 9.98. The number of amides is 1. The number of benzene rings is 1. The molecular weight excluding hydrogens is 240 g/mol. The van der Waals surface area contributed by atoms with Crippen molar-refractivity contribution in [3.63, 3.8) is 0 Å². The zero-order valence-corrected chi connectivity index (χ0v) is 12.1. The topological polar surface area (TPSA) is 41.6 Å². The number of likely N-dealkylation sites (N-methyl/N-ethyl adjacent to an activating group) is 1. The number of para-hydroxylation sites is 1. The average Bonchev–Trinajstić information content (AvgIpc) is 2.38. The summed E-state index contributed by atoms with van der Waals surface area (Å²) in [6, 6.07) is 6.46. The van der Waals surface area contributed by atoms with Gasteiger partial charge in [0, 0.05) is 20.1 Å². The van der Waals surface area contributed by atoms with Crippen LogP contribution in [0.2, 0.25) is 0 Å². The van der Waals surface area contributed by atoms with E-state index in [1.54, 1.807) is 25.9 Å². The molecular formula is C15H22N2O2. The molecule has 1 heterocycles. The Hall–Kier alpha value is -1.71. The van der Waals surface area contributed by atoms with Gasteiger partial charge in [0.2, 0.25) is 0 Å². The minimum Gasteiger partial charge on any atom is -0.479 e. The van der Waals surface area contributed by atoms with Crippen molar-refractivity contribution >= 4 is 11.6 Å². The molecule has 2 rings (SSSR count). The van der Waals surface area contributed by atoms with Gasteiger partial charge in [-0.05, 0) is 38.3 Å². The largest absolute Gasteiger partial charge is 0.479 e. The monoisotopic (exact) mass is 262 g/mol. The van der Waals surface area contributed by atoms with Gasteiger partial charge in [-0.15, -0.1) is 0 Å². The molecule has 0 aromatic heterocycles. The van der Waals surface area contributed by atoms with Crippen molar-refractivity contribution in [2.75, 3.05) is 19.4 Å². The van der Waals surface area contributed by atoms with Gasteiger partial charge in [-0.2, -0.15) is 0 Å². The van der Waals surface area contributed by atoms with Crippen LogP contribution in [0.15, 0.2) is 18.2 Å². The maximum Gasteiger partial charge on any atom is 0.262 e. The molecule has 2 atom stereocenters. The summed E-state index contributed by atoms with van der Waals surface area (Å²) in [5, 5.41) is 3.45. The molecule has 0 saturated heterocycles. The minimum atomic E-state index is -0.472. The third-order valence-corrected chi connectivity index (χ3v) is 3.44. The van der Waals surface area contributed by atoms with Gasteiger partial charge >= 0.3 is 0 Å². The quantitative estimate of drug-likeness (QED) is 0.908. The number of aryl methyl sites for hydroxylation is 1. The summed E-state index contributed by atoms with van der Waals surface area (Å²) in [5.41, 5.74) is 2.31. The van der Waals surface area contributed by atoms with Gasteiger partial charge in [0.25, 0.3) is 5.91 Å². The van der Waals surface area contributed by atoms with E-state index in [1.165, 1.54) is 5.56 Å². The van der Waals surface area contributed by atoms with Crippen LogP contribution in [0.4, 0.5) is 5.69 Å². The lowest BCUT2D eigenvalue weighted by Gasteiger charge is -2.27. The molecule has 1 aliphatic rings. The van der Waals surface area contributed by atoms with Crippen LogP contribution in [0.3, 0.4) is 0 Å². The highest BCUT2D eigenvalue weighted by molar-refractivity contribution is 5.80. The molecule has 19 heavy (non-hydrogen) atoms. The van der Waals surface area contributed by atoms with Crippen molar-refractivity contribution in [2.45, 2.75) is 38.8 Å². The number of anilines is 1. The molecule has 0 aliphatic carbocycles. The normalized spacial score (nSPS) is 19.1. The van der Waals surface area contributed by atoms with Crippen molar-refractivity contribution in [1.29, 1.82) is 0 Å². The number of hydrogen-bond donors (Lipinski definition) is 1. The zero-order valence-electron chi connectivity index (χ0n) is 12.1. The van der Waals surface area contributed by atoms with Gasteiger partial charge in [0.15, 0.2) is 6.10 Å². The number of nitrogens with zero attached hydrogens (tertiary/aromatic N) is 1. The van der Waals surface area contributed by atoms with Crippen LogP contribution in [0.1, 0.15) is 25.8 Å². The summed E-state index contributed by atoms with van der Waals surface area (Å²) in [6.45, 7) is 3.95. The van der Waals surface area contributed by atoms with Crippen molar-refractivity contribution in [2.24, 2.45) is 0 Å². The summed E-state index contributed by atoms with van der Waals surface area (Å²) >= 11 is 0. The third-order valence-electron chi connectivity index (χ3n) is 3.44. The Kier molecular flexibility index (Phi) is 3.98. The van der Waals surface area contributed by atoms with Crippen LogP contribution in [0.5, 0.6) is 5.75 Å². The summed E-state index contributed by atoms with van der Waals surface area (Å²) < 4.78 is 5.83. The molecule has 0 fully saturated rings. The Morgan fingerprint density at radius 3 is 2.89 bits per heavy atom. The summed E-state index contributed by atoms with van der Waals surface area (Å²) in [4.78, 5) is 13.4. The summed E-state index contributed by atoms with van der Waals surface area (Å²) in [5.74, 6) is 0.744. The maximum absolute atomic E-state index is 11.9. The smallest absolute Gasteiger partial charge is 0.262 e. The van der Waals surface area contributed by atoms with E-state index < -0.39 is 6.10 Å². The fourth-order valence-corrected chi connectivity index (χ4v) is 2.34. The molecule has 1 aromatic carbocycles. The van der Waals surface area contributed by atoms with Gasteiger partial charge in [-0.1, -0.05) is 12.1 Å². The van der Waals surface area contributed by atoms with Crippen LogP contribution in [0, 0.1) is 0 Å². The minimum absolute atomic E-state index is 0.0264. The highest BCUT2D eigenvalue weighted by Gasteiger charge is 2.22. The van der Waals surface area contributed by atoms with Crippen LogP contribution in [-0.4, -0.2) is 37.0 Å². The molecule has 0 radical (unpaired) electrons.